The van der Waals surface area contributed by atoms with Gasteiger partial charge in [0.2, 0.25) is 5.91 Å². The zero-order valence-corrected chi connectivity index (χ0v) is 16.3. The molecule has 2 amide bonds. The lowest BCUT2D eigenvalue weighted by Gasteiger charge is -2.26. The van der Waals surface area contributed by atoms with Crippen molar-refractivity contribution in [3.8, 4) is 0 Å². The molecule has 1 fully saturated rings. The van der Waals surface area contributed by atoms with E-state index in [1.165, 1.54) is 6.20 Å². The number of hydrogen-bond donors (Lipinski definition) is 2. The van der Waals surface area contributed by atoms with Crippen molar-refractivity contribution in [3.63, 3.8) is 0 Å². The van der Waals surface area contributed by atoms with Crippen molar-refractivity contribution < 1.29 is 14.3 Å². The van der Waals surface area contributed by atoms with E-state index in [4.69, 9.17) is 4.74 Å². The minimum atomic E-state index is -0.213. The van der Waals surface area contributed by atoms with Gasteiger partial charge in [0.25, 0.3) is 11.5 Å². The summed E-state index contributed by atoms with van der Waals surface area (Å²) >= 11 is 0. The third-order valence-electron chi connectivity index (χ3n) is 5.84. The van der Waals surface area contributed by atoms with Crippen molar-refractivity contribution >= 4 is 28.3 Å². The quantitative estimate of drug-likeness (QED) is 0.701. The van der Waals surface area contributed by atoms with E-state index < -0.39 is 0 Å². The maximum absolute atomic E-state index is 13.5. The van der Waals surface area contributed by atoms with Crippen LogP contribution in [0.3, 0.4) is 0 Å². The number of carbonyl (C=O) groups excluding carboxylic acids is 2. The fourth-order valence-corrected chi connectivity index (χ4v) is 4.50. The van der Waals surface area contributed by atoms with E-state index in [0.717, 1.165) is 11.3 Å². The van der Waals surface area contributed by atoms with Crippen LogP contribution >= 0.6 is 0 Å². The molecule has 2 aromatic carbocycles. The van der Waals surface area contributed by atoms with Crippen molar-refractivity contribution in [2.45, 2.75) is 18.4 Å². The number of benzene rings is 2. The molecule has 5 rings (SSSR count). The number of H-pyrrole nitrogens is 1. The first-order valence-electron chi connectivity index (χ1n) is 10.00. The maximum atomic E-state index is 13.5. The predicted molar refractivity (Wildman–Crippen MR) is 113 cm³/mol. The number of nitrogens with zero attached hydrogens (tertiary/aromatic N) is 1. The summed E-state index contributed by atoms with van der Waals surface area (Å²) in [5.74, 6) is -0.169. The second-order valence-electron chi connectivity index (χ2n) is 7.76. The Morgan fingerprint density at radius 1 is 1.07 bits per heavy atom. The molecule has 152 valence electrons. The number of fused-ring (bicyclic) bond motifs is 2. The van der Waals surface area contributed by atoms with Gasteiger partial charge in [0.1, 0.15) is 6.61 Å². The summed E-state index contributed by atoms with van der Waals surface area (Å²) in [4.78, 5) is 41.8. The summed E-state index contributed by atoms with van der Waals surface area (Å²) in [7, 11) is 0. The predicted octanol–water partition coefficient (Wildman–Crippen LogP) is 2.18. The Kier molecular flexibility index (Phi) is 4.59. The van der Waals surface area contributed by atoms with Crippen LogP contribution in [0, 0.1) is 0 Å². The molecule has 30 heavy (non-hydrogen) atoms. The van der Waals surface area contributed by atoms with Gasteiger partial charge in [-0.2, -0.15) is 0 Å². The van der Waals surface area contributed by atoms with E-state index in [1.54, 1.807) is 23.1 Å². The van der Waals surface area contributed by atoms with Crippen molar-refractivity contribution in [1.82, 2.24) is 10.3 Å². The molecule has 3 heterocycles. The summed E-state index contributed by atoms with van der Waals surface area (Å²) in [6.45, 7) is 1.09. The first-order chi connectivity index (χ1) is 14.6. The number of carbonyl (C=O) groups is 2. The number of pyridine rings is 1. The van der Waals surface area contributed by atoms with Gasteiger partial charge in [0.15, 0.2) is 0 Å². The molecule has 2 aliphatic heterocycles. The first kappa shape index (κ1) is 18.6. The zero-order valence-electron chi connectivity index (χ0n) is 16.3. The highest BCUT2D eigenvalue weighted by Gasteiger charge is 2.35. The van der Waals surface area contributed by atoms with Gasteiger partial charge in [-0.15, -0.1) is 0 Å². The van der Waals surface area contributed by atoms with Crippen LogP contribution < -0.4 is 15.8 Å². The van der Waals surface area contributed by atoms with E-state index in [2.05, 4.69) is 10.3 Å². The number of ether oxygens (including phenoxy) is 1. The summed E-state index contributed by atoms with van der Waals surface area (Å²) in [6.07, 6.45) is 2.19. The number of hydrogen-bond acceptors (Lipinski definition) is 4. The lowest BCUT2D eigenvalue weighted by molar-refractivity contribution is -0.131. The van der Waals surface area contributed by atoms with Gasteiger partial charge in [-0.3, -0.25) is 14.4 Å². The summed E-state index contributed by atoms with van der Waals surface area (Å²) in [5.41, 5.74) is 2.20. The van der Waals surface area contributed by atoms with Crippen molar-refractivity contribution in [2.24, 2.45) is 0 Å². The van der Waals surface area contributed by atoms with Crippen LogP contribution in [0.5, 0.6) is 0 Å². The Morgan fingerprint density at radius 3 is 2.67 bits per heavy atom. The molecule has 0 radical (unpaired) electrons. The highest BCUT2D eigenvalue weighted by Crippen LogP contribution is 2.39. The van der Waals surface area contributed by atoms with Gasteiger partial charge in [-0.1, -0.05) is 36.4 Å². The average Bonchev–Trinajstić information content (AvgIpc) is 3.12. The smallest absolute Gasteiger partial charge is 0.260 e. The van der Waals surface area contributed by atoms with E-state index in [0.29, 0.717) is 35.9 Å². The minimum absolute atomic E-state index is 0.0757. The molecule has 3 aromatic rings. The monoisotopic (exact) mass is 403 g/mol. The molecular weight excluding hydrogens is 382 g/mol. The molecule has 0 bridgehead atoms. The Hall–Kier alpha value is -3.45. The van der Waals surface area contributed by atoms with Crippen LogP contribution in [-0.2, 0) is 9.53 Å². The van der Waals surface area contributed by atoms with E-state index in [-0.39, 0.29) is 35.9 Å². The molecular formula is C23H21N3O4. The summed E-state index contributed by atoms with van der Waals surface area (Å²) < 4.78 is 5.37. The Bertz CT molecular complexity index is 1200. The van der Waals surface area contributed by atoms with Crippen LogP contribution in [0.2, 0.25) is 0 Å². The second-order valence-corrected chi connectivity index (χ2v) is 7.76. The molecule has 2 atom stereocenters. The number of anilines is 1. The highest BCUT2D eigenvalue weighted by atomic mass is 16.5. The van der Waals surface area contributed by atoms with E-state index in [1.807, 2.05) is 30.3 Å². The van der Waals surface area contributed by atoms with Crippen molar-refractivity contribution in [1.29, 1.82) is 0 Å². The fraction of sp³-hybridized carbons (Fsp3) is 0.261. The number of aromatic amines is 1. The average molecular weight is 403 g/mol. The van der Waals surface area contributed by atoms with E-state index in [9.17, 15) is 14.4 Å². The summed E-state index contributed by atoms with van der Waals surface area (Å²) in [6, 6.07) is 14.9. The van der Waals surface area contributed by atoms with Crippen LogP contribution in [0.1, 0.15) is 28.3 Å². The Labute approximate surface area is 172 Å². The Balaban J connectivity index is 1.48. The van der Waals surface area contributed by atoms with Gasteiger partial charge < -0.3 is 19.9 Å². The van der Waals surface area contributed by atoms with Crippen molar-refractivity contribution in [2.75, 3.05) is 24.7 Å². The van der Waals surface area contributed by atoms with E-state index >= 15 is 0 Å². The topological polar surface area (TPSA) is 91.5 Å². The molecule has 2 unspecified atom stereocenters. The molecule has 0 aliphatic carbocycles. The molecule has 2 N–H and O–H groups in total. The standard InChI is InChI=1S/C23H21N3O4/c27-21-13-30-12-15(25-21)9-14-11-26(20-8-4-3-5-16(14)20)23(29)19-10-24-22(28)18-7-2-1-6-17(18)19/h1-8,10,14-15H,9,11-13H2,(H,24,28)(H,25,27). The second kappa shape index (κ2) is 7.42. The van der Waals surface area contributed by atoms with Crippen LogP contribution in [-0.4, -0.2) is 42.6 Å². The minimum Gasteiger partial charge on any atom is -0.370 e. The molecule has 0 spiro atoms. The van der Waals surface area contributed by atoms with Crippen LogP contribution in [0.4, 0.5) is 5.69 Å². The lowest BCUT2D eigenvalue weighted by atomic mass is 9.94. The molecule has 1 aromatic heterocycles. The Morgan fingerprint density at radius 2 is 1.83 bits per heavy atom. The van der Waals surface area contributed by atoms with Crippen LogP contribution in [0.15, 0.2) is 59.5 Å². The van der Waals surface area contributed by atoms with Gasteiger partial charge in [0.05, 0.1) is 18.2 Å². The molecule has 7 heteroatoms. The maximum Gasteiger partial charge on any atom is 0.260 e. The lowest BCUT2D eigenvalue weighted by Crippen LogP contribution is -2.46. The van der Waals surface area contributed by atoms with Crippen LogP contribution in [0.25, 0.3) is 10.8 Å². The van der Waals surface area contributed by atoms with Gasteiger partial charge >= 0.3 is 0 Å². The molecule has 0 saturated carbocycles. The van der Waals surface area contributed by atoms with Crippen molar-refractivity contribution in [3.05, 3.63) is 76.2 Å². The number of nitrogens with one attached hydrogen (secondary N) is 2. The first-order valence-corrected chi connectivity index (χ1v) is 10.00. The fourth-order valence-electron chi connectivity index (χ4n) is 4.50. The molecule has 1 saturated heterocycles. The normalized spacial score (nSPS) is 20.8. The SMILES string of the molecule is O=C1COCC(CC2CN(C(=O)c3c[nH]c(=O)c4ccccc34)c3ccccc32)N1. The molecule has 2 aliphatic rings. The number of rotatable bonds is 3. The molecule has 7 nitrogen and oxygen atoms in total. The number of para-hydroxylation sites is 1. The number of aromatic nitrogens is 1. The van der Waals surface area contributed by atoms with Gasteiger partial charge in [-0.05, 0) is 24.1 Å². The van der Waals surface area contributed by atoms with Gasteiger partial charge in [-0.25, -0.2) is 0 Å². The number of morpholine rings is 1. The highest BCUT2D eigenvalue weighted by molar-refractivity contribution is 6.14. The van der Waals surface area contributed by atoms with Gasteiger partial charge in [0, 0.05) is 35.1 Å². The third kappa shape index (κ3) is 3.17. The third-order valence-corrected chi connectivity index (χ3v) is 5.84. The largest absolute Gasteiger partial charge is 0.370 e. The number of amides is 2. The zero-order chi connectivity index (χ0) is 20.7. The summed E-state index contributed by atoms with van der Waals surface area (Å²) in [5, 5.41) is 4.11.